The lowest BCUT2D eigenvalue weighted by atomic mass is 9.98. The fraction of sp³-hybridized carbons (Fsp3) is 0.917. The molecule has 3 N–H and O–H groups in total. The number of rotatable bonds is 3. The highest BCUT2D eigenvalue weighted by atomic mass is 127. The minimum absolute atomic E-state index is 0. The number of nitrogens with one attached hydrogen (secondary N) is 1. The summed E-state index contributed by atoms with van der Waals surface area (Å²) < 4.78 is 24.3. The summed E-state index contributed by atoms with van der Waals surface area (Å²) in [6.07, 6.45) is 2.95. The van der Waals surface area contributed by atoms with Gasteiger partial charge < -0.3 is 11.1 Å². The standard InChI is InChI=1S/C12H26N4O2S.HI/c1-12(2,3)15-11(13)14-9-10-5-7-16(8-6-10)19(4,17)18;/h10H,5-9H2,1-4H3,(H3,13,14,15);1H. The lowest BCUT2D eigenvalue weighted by Gasteiger charge is -2.29. The number of nitrogens with two attached hydrogens (primary N) is 1. The van der Waals surface area contributed by atoms with Gasteiger partial charge in [0, 0.05) is 25.2 Å². The van der Waals surface area contributed by atoms with Crippen LogP contribution in [0.2, 0.25) is 0 Å². The van der Waals surface area contributed by atoms with E-state index in [2.05, 4.69) is 10.3 Å². The van der Waals surface area contributed by atoms with Gasteiger partial charge in [0.25, 0.3) is 0 Å². The molecule has 1 heterocycles. The smallest absolute Gasteiger partial charge is 0.211 e. The first-order chi connectivity index (χ1) is 8.58. The molecule has 0 aromatic rings. The summed E-state index contributed by atoms with van der Waals surface area (Å²) in [5.74, 6) is 0.872. The second-order valence-corrected chi connectivity index (χ2v) is 8.19. The Bertz CT molecular complexity index is 423. The van der Waals surface area contributed by atoms with Crippen LogP contribution in [0.3, 0.4) is 0 Å². The average Bonchev–Trinajstić information content (AvgIpc) is 2.23. The van der Waals surface area contributed by atoms with E-state index in [1.807, 2.05) is 20.8 Å². The van der Waals surface area contributed by atoms with E-state index < -0.39 is 10.0 Å². The first-order valence-electron chi connectivity index (χ1n) is 6.61. The maximum Gasteiger partial charge on any atom is 0.211 e. The number of guanidine groups is 1. The highest BCUT2D eigenvalue weighted by Gasteiger charge is 2.24. The summed E-state index contributed by atoms with van der Waals surface area (Å²) in [4.78, 5) is 4.34. The predicted octanol–water partition coefficient (Wildman–Crippen LogP) is 0.979. The van der Waals surface area contributed by atoms with Gasteiger partial charge in [-0.05, 0) is 39.5 Å². The van der Waals surface area contributed by atoms with E-state index in [1.54, 1.807) is 0 Å². The molecule has 1 saturated heterocycles. The molecule has 0 atom stereocenters. The van der Waals surface area contributed by atoms with Crippen molar-refractivity contribution < 1.29 is 8.42 Å². The molecule has 8 heteroatoms. The molecular weight excluding hydrogens is 391 g/mol. The summed E-state index contributed by atoms with van der Waals surface area (Å²) in [7, 11) is -3.04. The van der Waals surface area contributed by atoms with Gasteiger partial charge in [0.2, 0.25) is 10.0 Å². The molecule has 6 nitrogen and oxygen atoms in total. The zero-order chi connectivity index (χ0) is 14.7. The molecule has 0 radical (unpaired) electrons. The molecule has 0 aromatic heterocycles. The molecule has 120 valence electrons. The van der Waals surface area contributed by atoms with Crippen LogP contribution in [0, 0.1) is 5.92 Å². The highest BCUT2D eigenvalue weighted by Crippen LogP contribution is 2.19. The normalized spacial score (nSPS) is 19.5. The third-order valence-corrected chi connectivity index (χ3v) is 4.37. The van der Waals surface area contributed by atoms with Gasteiger partial charge >= 0.3 is 0 Å². The van der Waals surface area contributed by atoms with E-state index in [0.717, 1.165) is 12.8 Å². The van der Waals surface area contributed by atoms with Crippen molar-refractivity contribution in [3.8, 4) is 0 Å². The van der Waals surface area contributed by atoms with Crippen LogP contribution in [0.15, 0.2) is 4.99 Å². The molecule has 0 amide bonds. The maximum absolute atomic E-state index is 11.4. The number of sulfonamides is 1. The first-order valence-corrected chi connectivity index (χ1v) is 8.46. The number of aliphatic imine (C=N–C) groups is 1. The SMILES string of the molecule is CC(C)(C)NC(N)=NCC1CCN(S(C)(=O)=O)CC1.I. The fourth-order valence-corrected chi connectivity index (χ4v) is 2.95. The van der Waals surface area contributed by atoms with Crippen molar-refractivity contribution in [1.29, 1.82) is 0 Å². The predicted molar refractivity (Wildman–Crippen MR) is 93.9 cm³/mol. The van der Waals surface area contributed by atoms with Crippen LogP contribution in [0.1, 0.15) is 33.6 Å². The fourth-order valence-electron chi connectivity index (χ4n) is 2.07. The van der Waals surface area contributed by atoms with Crippen LogP contribution in [0.5, 0.6) is 0 Å². The molecule has 0 unspecified atom stereocenters. The van der Waals surface area contributed by atoms with Crippen LogP contribution < -0.4 is 11.1 Å². The van der Waals surface area contributed by atoms with Gasteiger partial charge in [-0.3, -0.25) is 4.99 Å². The number of nitrogens with zero attached hydrogens (tertiary/aromatic N) is 2. The van der Waals surface area contributed by atoms with Crippen LogP contribution in [0.25, 0.3) is 0 Å². The van der Waals surface area contributed by atoms with E-state index in [1.165, 1.54) is 10.6 Å². The van der Waals surface area contributed by atoms with Gasteiger partial charge in [0.05, 0.1) is 6.26 Å². The van der Waals surface area contributed by atoms with Gasteiger partial charge in [-0.1, -0.05) is 0 Å². The summed E-state index contributed by atoms with van der Waals surface area (Å²) in [6.45, 7) is 7.92. The van der Waals surface area contributed by atoms with Gasteiger partial charge in [0.1, 0.15) is 0 Å². The molecule has 1 aliphatic rings. The second kappa shape index (κ2) is 7.79. The van der Waals surface area contributed by atoms with Gasteiger partial charge in [-0.15, -0.1) is 24.0 Å². The third kappa shape index (κ3) is 7.63. The molecule has 0 aliphatic carbocycles. The Kier molecular flexibility index (Phi) is 7.75. The molecule has 20 heavy (non-hydrogen) atoms. The zero-order valence-electron chi connectivity index (χ0n) is 12.7. The zero-order valence-corrected chi connectivity index (χ0v) is 15.9. The molecule has 0 spiro atoms. The lowest BCUT2D eigenvalue weighted by Crippen LogP contribution is -2.45. The largest absolute Gasteiger partial charge is 0.370 e. The summed E-state index contributed by atoms with van der Waals surface area (Å²) >= 11 is 0. The minimum atomic E-state index is -3.04. The molecule has 1 fully saturated rings. The molecular formula is C12H27IN4O2S. The van der Waals surface area contributed by atoms with E-state index in [9.17, 15) is 8.42 Å². The molecule has 1 aliphatic heterocycles. The molecule has 0 bridgehead atoms. The number of halogens is 1. The van der Waals surface area contributed by atoms with Crippen molar-refractivity contribution in [3.05, 3.63) is 0 Å². The molecule has 1 rings (SSSR count). The maximum atomic E-state index is 11.4. The van der Waals surface area contributed by atoms with E-state index in [-0.39, 0.29) is 29.5 Å². The van der Waals surface area contributed by atoms with Crippen LogP contribution in [-0.2, 0) is 10.0 Å². The Morgan fingerprint density at radius 3 is 2.25 bits per heavy atom. The van der Waals surface area contributed by atoms with Crippen molar-refractivity contribution in [2.75, 3.05) is 25.9 Å². The topological polar surface area (TPSA) is 87.8 Å². The summed E-state index contributed by atoms with van der Waals surface area (Å²) in [5.41, 5.74) is 5.72. The van der Waals surface area contributed by atoms with Crippen molar-refractivity contribution in [2.45, 2.75) is 39.2 Å². The summed E-state index contributed by atoms with van der Waals surface area (Å²) in [6, 6.07) is 0. The van der Waals surface area contributed by atoms with Crippen molar-refractivity contribution >= 4 is 40.0 Å². The number of hydrogen-bond acceptors (Lipinski definition) is 3. The van der Waals surface area contributed by atoms with E-state index >= 15 is 0 Å². The minimum Gasteiger partial charge on any atom is -0.370 e. The van der Waals surface area contributed by atoms with Gasteiger partial charge in [0.15, 0.2) is 5.96 Å². The lowest BCUT2D eigenvalue weighted by molar-refractivity contribution is 0.280. The average molecular weight is 418 g/mol. The molecule has 0 aromatic carbocycles. The Hall–Kier alpha value is -0.0900. The monoisotopic (exact) mass is 418 g/mol. The Balaban J connectivity index is 0.00000361. The van der Waals surface area contributed by atoms with Crippen molar-refractivity contribution in [3.63, 3.8) is 0 Å². The number of piperidine rings is 1. The van der Waals surface area contributed by atoms with Crippen LogP contribution in [-0.4, -0.2) is 50.1 Å². The van der Waals surface area contributed by atoms with Crippen LogP contribution >= 0.6 is 24.0 Å². The Morgan fingerprint density at radius 1 is 1.35 bits per heavy atom. The van der Waals surface area contributed by atoms with Gasteiger partial charge in [-0.2, -0.15) is 0 Å². The van der Waals surface area contributed by atoms with Crippen molar-refractivity contribution in [1.82, 2.24) is 9.62 Å². The summed E-state index contributed by atoms with van der Waals surface area (Å²) in [5, 5.41) is 3.11. The van der Waals surface area contributed by atoms with Gasteiger partial charge in [-0.25, -0.2) is 12.7 Å². The molecule has 0 saturated carbocycles. The van der Waals surface area contributed by atoms with Crippen molar-refractivity contribution in [2.24, 2.45) is 16.6 Å². The highest BCUT2D eigenvalue weighted by molar-refractivity contribution is 14.0. The Morgan fingerprint density at radius 2 is 1.85 bits per heavy atom. The Labute approximate surface area is 139 Å². The quantitative estimate of drug-likeness (QED) is 0.406. The van der Waals surface area contributed by atoms with Crippen LogP contribution in [0.4, 0.5) is 0 Å². The first kappa shape index (κ1) is 19.9. The number of hydrogen-bond donors (Lipinski definition) is 2. The second-order valence-electron chi connectivity index (χ2n) is 6.21. The van der Waals surface area contributed by atoms with E-state index in [0.29, 0.717) is 31.5 Å². The third-order valence-electron chi connectivity index (χ3n) is 3.07. The van der Waals surface area contributed by atoms with E-state index in [4.69, 9.17) is 5.73 Å².